The average molecular weight is 287 g/mol. The van der Waals surface area contributed by atoms with Gasteiger partial charge in [0.1, 0.15) is 0 Å². The van der Waals surface area contributed by atoms with Gasteiger partial charge in [0.05, 0.1) is 23.1 Å². The molecule has 0 amide bonds. The molecule has 0 spiro atoms. The molecule has 5 nitrogen and oxygen atoms in total. The van der Waals surface area contributed by atoms with Crippen molar-refractivity contribution in [2.75, 3.05) is 12.8 Å². The van der Waals surface area contributed by atoms with E-state index in [0.29, 0.717) is 5.56 Å². The van der Waals surface area contributed by atoms with Crippen molar-refractivity contribution in [3.05, 3.63) is 29.8 Å². The normalized spacial score (nSPS) is 14.4. The summed E-state index contributed by atoms with van der Waals surface area (Å²) in [4.78, 5) is 5.53. The summed E-state index contributed by atoms with van der Waals surface area (Å²) < 4.78 is 22.6. The van der Waals surface area contributed by atoms with Crippen LogP contribution in [0.15, 0.2) is 29.2 Å². The zero-order chi connectivity index (χ0) is 14.7. The first-order chi connectivity index (χ1) is 8.59. The minimum atomic E-state index is -3.20. The average Bonchev–Trinajstić information content (AvgIpc) is 2.26. The molecule has 0 aliphatic carbocycles. The lowest BCUT2D eigenvalue weighted by atomic mass is 10.1. The standard InChI is InChI=1S/C13H21NO4S/c1-13(2,3)18-14-9-12(15)10-5-7-11(8-6-10)19(4,16)17/h5-8,12,14-15H,9H2,1-4H3. The lowest BCUT2D eigenvalue weighted by molar-refractivity contribution is -0.0834. The molecule has 0 heterocycles. The highest BCUT2D eigenvalue weighted by Crippen LogP contribution is 2.16. The van der Waals surface area contributed by atoms with E-state index in [4.69, 9.17) is 4.84 Å². The second-order valence-corrected chi connectivity index (χ2v) is 7.44. The summed E-state index contributed by atoms with van der Waals surface area (Å²) in [5, 5.41) is 9.92. The first-order valence-corrected chi connectivity index (χ1v) is 7.88. The lowest BCUT2D eigenvalue weighted by Gasteiger charge is -2.21. The fraction of sp³-hybridized carbons (Fsp3) is 0.538. The van der Waals surface area contributed by atoms with Gasteiger partial charge in [-0.15, -0.1) is 0 Å². The zero-order valence-corrected chi connectivity index (χ0v) is 12.5. The molecule has 19 heavy (non-hydrogen) atoms. The van der Waals surface area contributed by atoms with Crippen molar-refractivity contribution in [2.24, 2.45) is 0 Å². The Balaban J connectivity index is 2.61. The molecule has 0 aliphatic rings. The van der Waals surface area contributed by atoms with Crippen molar-refractivity contribution in [2.45, 2.75) is 37.4 Å². The zero-order valence-electron chi connectivity index (χ0n) is 11.7. The molecule has 108 valence electrons. The lowest BCUT2D eigenvalue weighted by Crippen LogP contribution is -2.31. The molecular weight excluding hydrogens is 266 g/mol. The molecule has 0 bridgehead atoms. The van der Waals surface area contributed by atoms with Gasteiger partial charge in [0, 0.05) is 6.26 Å². The van der Waals surface area contributed by atoms with Crippen molar-refractivity contribution in [3.63, 3.8) is 0 Å². The van der Waals surface area contributed by atoms with Gasteiger partial charge in [0.2, 0.25) is 0 Å². The summed E-state index contributed by atoms with van der Waals surface area (Å²) in [6.45, 7) is 5.92. The highest BCUT2D eigenvalue weighted by molar-refractivity contribution is 7.90. The maximum absolute atomic E-state index is 11.3. The minimum absolute atomic E-state index is 0.232. The largest absolute Gasteiger partial charge is 0.387 e. The van der Waals surface area contributed by atoms with Crippen LogP contribution in [0.3, 0.4) is 0 Å². The van der Waals surface area contributed by atoms with E-state index in [1.54, 1.807) is 12.1 Å². The van der Waals surface area contributed by atoms with Gasteiger partial charge in [-0.05, 0) is 38.5 Å². The topological polar surface area (TPSA) is 75.6 Å². The highest BCUT2D eigenvalue weighted by atomic mass is 32.2. The second kappa shape index (κ2) is 6.00. The number of hydrogen-bond donors (Lipinski definition) is 2. The van der Waals surface area contributed by atoms with Crippen LogP contribution in [-0.2, 0) is 14.7 Å². The molecule has 1 unspecified atom stereocenters. The van der Waals surface area contributed by atoms with E-state index in [1.807, 2.05) is 20.8 Å². The summed E-state index contributed by atoms with van der Waals surface area (Å²) in [6, 6.07) is 6.16. The number of sulfone groups is 1. The molecule has 6 heteroatoms. The monoisotopic (exact) mass is 287 g/mol. The van der Waals surface area contributed by atoms with Crippen molar-refractivity contribution in [1.29, 1.82) is 0 Å². The van der Waals surface area contributed by atoms with E-state index in [9.17, 15) is 13.5 Å². The van der Waals surface area contributed by atoms with Gasteiger partial charge < -0.3 is 5.11 Å². The smallest absolute Gasteiger partial charge is 0.175 e. The minimum Gasteiger partial charge on any atom is -0.387 e. The van der Waals surface area contributed by atoms with E-state index in [0.717, 1.165) is 6.26 Å². The maximum Gasteiger partial charge on any atom is 0.175 e. The van der Waals surface area contributed by atoms with E-state index in [-0.39, 0.29) is 17.0 Å². The van der Waals surface area contributed by atoms with Gasteiger partial charge in [-0.25, -0.2) is 8.42 Å². The predicted molar refractivity (Wildman–Crippen MR) is 73.4 cm³/mol. The SMILES string of the molecule is CC(C)(C)ONCC(O)c1ccc(S(C)(=O)=O)cc1. The van der Waals surface area contributed by atoms with E-state index in [1.165, 1.54) is 12.1 Å². The number of aliphatic hydroxyl groups excluding tert-OH is 1. The van der Waals surface area contributed by atoms with E-state index < -0.39 is 15.9 Å². The quantitative estimate of drug-likeness (QED) is 0.802. The molecule has 0 aromatic heterocycles. The molecular formula is C13H21NO4S. The Morgan fingerprint density at radius 1 is 1.26 bits per heavy atom. The molecule has 1 rings (SSSR count). The van der Waals surface area contributed by atoms with Crippen LogP contribution in [0.2, 0.25) is 0 Å². The Hall–Kier alpha value is -0.950. The van der Waals surface area contributed by atoms with Crippen LogP contribution in [0.1, 0.15) is 32.4 Å². The molecule has 0 fully saturated rings. The molecule has 2 N–H and O–H groups in total. The number of hydrogen-bond acceptors (Lipinski definition) is 5. The molecule has 1 aromatic rings. The van der Waals surface area contributed by atoms with Gasteiger partial charge in [0.25, 0.3) is 0 Å². The van der Waals surface area contributed by atoms with Crippen LogP contribution in [-0.4, -0.2) is 31.9 Å². The van der Waals surface area contributed by atoms with Gasteiger partial charge in [-0.2, -0.15) is 5.48 Å². The summed E-state index contributed by atoms with van der Waals surface area (Å²) >= 11 is 0. The molecule has 0 aliphatic heterocycles. The fourth-order valence-electron chi connectivity index (χ4n) is 1.39. The third-order valence-electron chi connectivity index (χ3n) is 2.35. The number of aliphatic hydroxyl groups is 1. The molecule has 0 radical (unpaired) electrons. The van der Waals surface area contributed by atoms with Crippen LogP contribution >= 0.6 is 0 Å². The summed E-state index contributed by atoms with van der Waals surface area (Å²) in [6.07, 6.45) is 0.396. The first-order valence-electron chi connectivity index (χ1n) is 5.98. The number of rotatable bonds is 5. The molecule has 0 saturated carbocycles. The van der Waals surface area contributed by atoms with Gasteiger partial charge >= 0.3 is 0 Å². The number of benzene rings is 1. The van der Waals surface area contributed by atoms with E-state index >= 15 is 0 Å². The summed E-state index contributed by atoms with van der Waals surface area (Å²) in [5.74, 6) is 0. The van der Waals surface area contributed by atoms with Crippen molar-refractivity contribution < 1.29 is 18.4 Å². The second-order valence-electron chi connectivity index (χ2n) is 5.42. The third-order valence-corrected chi connectivity index (χ3v) is 3.48. The Labute approximate surface area is 114 Å². The maximum atomic E-state index is 11.3. The highest BCUT2D eigenvalue weighted by Gasteiger charge is 2.13. The van der Waals surface area contributed by atoms with Crippen molar-refractivity contribution >= 4 is 9.84 Å². The predicted octanol–water partition coefficient (Wildman–Crippen LogP) is 1.44. The van der Waals surface area contributed by atoms with Gasteiger partial charge in [-0.3, -0.25) is 4.84 Å². The molecule has 1 aromatic carbocycles. The van der Waals surface area contributed by atoms with Crippen molar-refractivity contribution in [1.82, 2.24) is 5.48 Å². The van der Waals surface area contributed by atoms with Gasteiger partial charge in [-0.1, -0.05) is 12.1 Å². The van der Waals surface area contributed by atoms with Crippen LogP contribution in [0.4, 0.5) is 0 Å². The Kier molecular flexibility index (Phi) is 5.09. The Bertz CT molecular complexity index is 502. The van der Waals surface area contributed by atoms with E-state index in [2.05, 4.69) is 5.48 Å². The van der Waals surface area contributed by atoms with Crippen molar-refractivity contribution in [3.8, 4) is 0 Å². The van der Waals surface area contributed by atoms with Crippen LogP contribution in [0.25, 0.3) is 0 Å². The third kappa shape index (κ3) is 5.69. The van der Waals surface area contributed by atoms with Crippen LogP contribution in [0, 0.1) is 0 Å². The fourth-order valence-corrected chi connectivity index (χ4v) is 2.02. The number of hydroxylamine groups is 1. The molecule has 0 saturated heterocycles. The first kappa shape index (κ1) is 16.1. The number of nitrogens with one attached hydrogen (secondary N) is 1. The van der Waals surface area contributed by atoms with Crippen LogP contribution in [0.5, 0.6) is 0 Å². The summed E-state index contributed by atoms with van der Waals surface area (Å²) in [7, 11) is -3.20. The Morgan fingerprint density at radius 2 is 1.79 bits per heavy atom. The molecule has 1 atom stereocenters. The van der Waals surface area contributed by atoms with Crippen LogP contribution < -0.4 is 5.48 Å². The summed E-state index contributed by atoms with van der Waals surface area (Å²) in [5.41, 5.74) is 3.00. The Morgan fingerprint density at radius 3 is 2.21 bits per heavy atom. The van der Waals surface area contributed by atoms with Gasteiger partial charge in [0.15, 0.2) is 9.84 Å².